The van der Waals surface area contributed by atoms with Gasteiger partial charge in [-0.05, 0) is 57.0 Å². The predicted molar refractivity (Wildman–Crippen MR) is 117 cm³/mol. The summed E-state index contributed by atoms with van der Waals surface area (Å²) in [6, 6.07) is 12.8. The number of urea groups is 1. The van der Waals surface area contributed by atoms with E-state index in [9.17, 15) is 9.59 Å². The van der Waals surface area contributed by atoms with Gasteiger partial charge in [-0.15, -0.1) is 0 Å². The van der Waals surface area contributed by atoms with Gasteiger partial charge in [0, 0.05) is 24.8 Å². The fourth-order valence-electron chi connectivity index (χ4n) is 3.33. The smallest absolute Gasteiger partial charge is 0.319 e. The molecule has 0 aromatic heterocycles. The Morgan fingerprint density at radius 1 is 1.20 bits per heavy atom. The molecule has 1 aliphatic heterocycles. The van der Waals surface area contributed by atoms with E-state index in [1.54, 1.807) is 24.1 Å². The third kappa shape index (κ3) is 4.84. The van der Waals surface area contributed by atoms with Crippen molar-refractivity contribution in [1.29, 1.82) is 0 Å². The Bertz CT molecular complexity index is 909. The summed E-state index contributed by atoms with van der Waals surface area (Å²) < 4.78 is 11.0. The lowest BCUT2D eigenvalue weighted by atomic mass is 9.93. The summed E-state index contributed by atoms with van der Waals surface area (Å²) in [5, 5.41) is 5.68. The van der Waals surface area contributed by atoms with Crippen molar-refractivity contribution in [2.45, 2.75) is 27.2 Å². The summed E-state index contributed by atoms with van der Waals surface area (Å²) >= 11 is 0. The maximum Gasteiger partial charge on any atom is 0.319 e. The van der Waals surface area contributed by atoms with Gasteiger partial charge in [0.15, 0.2) is 0 Å². The maximum atomic E-state index is 12.8. The molecule has 2 aromatic carbocycles. The Hall–Kier alpha value is -3.22. The molecule has 0 bridgehead atoms. The Morgan fingerprint density at radius 3 is 2.60 bits per heavy atom. The Balaban J connectivity index is 1.60. The summed E-state index contributed by atoms with van der Waals surface area (Å²) in [7, 11) is 1.63. The van der Waals surface area contributed by atoms with Crippen LogP contribution in [0.5, 0.6) is 11.5 Å². The number of carbonyl (C=O) groups excluding carboxylic acids is 2. The average Bonchev–Trinajstić information content (AvgIpc) is 2.83. The molecule has 2 aromatic rings. The van der Waals surface area contributed by atoms with Crippen LogP contribution in [0.2, 0.25) is 0 Å². The van der Waals surface area contributed by atoms with Crippen LogP contribution in [-0.2, 0) is 11.2 Å². The Morgan fingerprint density at radius 2 is 1.93 bits per heavy atom. The highest BCUT2D eigenvalue weighted by atomic mass is 16.5. The number of anilines is 2. The summed E-state index contributed by atoms with van der Waals surface area (Å²) in [4.78, 5) is 26.7. The minimum absolute atomic E-state index is 0.0285. The zero-order chi connectivity index (χ0) is 21.7. The average molecular weight is 412 g/mol. The van der Waals surface area contributed by atoms with Crippen molar-refractivity contribution in [3.05, 3.63) is 48.0 Å². The van der Waals surface area contributed by atoms with Crippen LogP contribution in [0.4, 0.5) is 16.2 Å². The molecule has 0 fully saturated rings. The fourth-order valence-corrected chi connectivity index (χ4v) is 3.33. The molecule has 1 heterocycles. The van der Waals surface area contributed by atoms with Gasteiger partial charge in [-0.3, -0.25) is 4.79 Å². The van der Waals surface area contributed by atoms with Crippen molar-refractivity contribution in [1.82, 2.24) is 5.32 Å². The number of nitrogens with zero attached hydrogens (tertiary/aromatic N) is 1. The fraction of sp³-hybridized carbons (Fsp3) is 0.391. The normalized spacial score (nSPS) is 14.9. The van der Waals surface area contributed by atoms with E-state index in [0.717, 1.165) is 17.0 Å². The van der Waals surface area contributed by atoms with E-state index in [4.69, 9.17) is 9.47 Å². The van der Waals surface area contributed by atoms with Gasteiger partial charge in [0.2, 0.25) is 5.91 Å². The zero-order valence-electron chi connectivity index (χ0n) is 18.0. The highest BCUT2D eigenvalue weighted by molar-refractivity contribution is 6.00. The van der Waals surface area contributed by atoms with Crippen LogP contribution >= 0.6 is 0 Å². The van der Waals surface area contributed by atoms with E-state index in [-0.39, 0.29) is 18.5 Å². The Kier molecular flexibility index (Phi) is 6.50. The number of carbonyl (C=O) groups is 2. The quantitative estimate of drug-likeness (QED) is 0.757. The molecule has 0 aliphatic carbocycles. The standard InChI is InChI=1S/C23H29N3O4/c1-5-26-19-11-8-17(14-20(19)30-15-23(2,3)21(26)27)25-22(28)24-13-12-16-6-9-18(29-4)10-7-16/h6-11,14H,5,12-13,15H2,1-4H3,(H2,24,25,28). The number of nitrogens with one attached hydrogen (secondary N) is 2. The highest BCUT2D eigenvalue weighted by Gasteiger charge is 2.37. The van der Waals surface area contributed by atoms with E-state index in [1.807, 2.05) is 51.1 Å². The second-order valence-electron chi connectivity index (χ2n) is 7.88. The first-order chi connectivity index (χ1) is 14.3. The molecule has 7 heteroatoms. The molecule has 0 atom stereocenters. The van der Waals surface area contributed by atoms with Gasteiger partial charge in [0.1, 0.15) is 18.1 Å². The van der Waals surface area contributed by atoms with E-state index < -0.39 is 5.41 Å². The van der Waals surface area contributed by atoms with Crippen LogP contribution in [0.15, 0.2) is 42.5 Å². The molecule has 30 heavy (non-hydrogen) atoms. The number of fused-ring (bicyclic) bond motifs is 1. The van der Waals surface area contributed by atoms with Crippen molar-refractivity contribution in [3.63, 3.8) is 0 Å². The molecule has 0 unspecified atom stereocenters. The number of hydrogen-bond acceptors (Lipinski definition) is 4. The third-order valence-corrected chi connectivity index (χ3v) is 5.10. The van der Waals surface area contributed by atoms with Crippen LogP contribution in [-0.4, -0.2) is 38.7 Å². The number of methoxy groups -OCH3 is 1. The van der Waals surface area contributed by atoms with Crippen molar-refractivity contribution in [3.8, 4) is 11.5 Å². The topological polar surface area (TPSA) is 79.9 Å². The number of hydrogen-bond donors (Lipinski definition) is 2. The number of benzene rings is 2. The monoisotopic (exact) mass is 411 g/mol. The second-order valence-corrected chi connectivity index (χ2v) is 7.88. The molecule has 3 rings (SSSR count). The van der Waals surface area contributed by atoms with Crippen LogP contribution in [0.25, 0.3) is 0 Å². The summed E-state index contributed by atoms with van der Waals surface area (Å²) in [5.74, 6) is 1.43. The first kappa shape index (κ1) is 21.5. The number of amides is 3. The number of ether oxygens (including phenoxy) is 2. The zero-order valence-corrected chi connectivity index (χ0v) is 18.0. The summed E-state index contributed by atoms with van der Waals surface area (Å²) in [6.45, 7) is 7.03. The van der Waals surface area contributed by atoms with Crippen LogP contribution in [0.3, 0.4) is 0 Å². The molecule has 160 valence electrons. The summed E-state index contributed by atoms with van der Waals surface area (Å²) in [6.07, 6.45) is 0.716. The van der Waals surface area contributed by atoms with Gasteiger partial charge in [-0.25, -0.2) is 4.79 Å². The number of rotatable bonds is 6. The lowest BCUT2D eigenvalue weighted by Gasteiger charge is -2.26. The minimum atomic E-state index is -0.610. The summed E-state index contributed by atoms with van der Waals surface area (Å²) in [5.41, 5.74) is 1.83. The SMILES string of the molecule is CCN1C(=O)C(C)(C)COc2cc(NC(=O)NCCc3ccc(OC)cc3)ccc21. The third-order valence-electron chi connectivity index (χ3n) is 5.10. The molecule has 7 nitrogen and oxygen atoms in total. The minimum Gasteiger partial charge on any atom is -0.497 e. The van der Waals surface area contributed by atoms with Crippen molar-refractivity contribution >= 4 is 23.3 Å². The molecular weight excluding hydrogens is 382 g/mol. The lowest BCUT2D eigenvalue weighted by Crippen LogP contribution is -2.42. The molecule has 0 saturated heterocycles. The molecule has 1 aliphatic rings. The van der Waals surface area contributed by atoms with Crippen LogP contribution in [0, 0.1) is 5.41 Å². The first-order valence-corrected chi connectivity index (χ1v) is 10.1. The van der Waals surface area contributed by atoms with E-state index in [2.05, 4.69) is 10.6 Å². The molecule has 0 spiro atoms. The van der Waals surface area contributed by atoms with E-state index >= 15 is 0 Å². The molecular formula is C23H29N3O4. The molecule has 0 saturated carbocycles. The van der Waals surface area contributed by atoms with Gasteiger partial charge in [-0.1, -0.05) is 12.1 Å². The molecule has 3 amide bonds. The van der Waals surface area contributed by atoms with Gasteiger partial charge >= 0.3 is 6.03 Å². The van der Waals surface area contributed by atoms with Crippen molar-refractivity contribution < 1.29 is 19.1 Å². The van der Waals surface area contributed by atoms with Gasteiger partial charge in [0.25, 0.3) is 0 Å². The van der Waals surface area contributed by atoms with E-state index in [1.165, 1.54) is 0 Å². The second kappa shape index (κ2) is 9.07. The molecule has 2 N–H and O–H groups in total. The van der Waals surface area contributed by atoms with Crippen molar-refractivity contribution in [2.24, 2.45) is 5.41 Å². The van der Waals surface area contributed by atoms with Crippen LogP contribution in [0.1, 0.15) is 26.3 Å². The van der Waals surface area contributed by atoms with Gasteiger partial charge < -0.3 is 25.0 Å². The van der Waals surface area contributed by atoms with Gasteiger partial charge in [-0.2, -0.15) is 0 Å². The Labute approximate surface area is 177 Å². The maximum absolute atomic E-state index is 12.8. The highest BCUT2D eigenvalue weighted by Crippen LogP contribution is 2.38. The van der Waals surface area contributed by atoms with E-state index in [0.29, 0.717) is 30.9 Å². The molecule has 0 radical (unpaired) electrons. The largest absolute Gasteiger partial charge is 0.497 e. The van der Waals surface area contributed by atoms with Gasteiger partial charge in [0.05, 0.1) is 18.2 Å². The predicted octanol–water partition coefficient (Wildman–Crippen LogP) is 3.83. The first-order valence-electron chi connectivity index (χ1n) is 10.1. The lowest BCUT2D eigenvalue weighted by molar-refractivity contribution is -0.127. The van der Waals surface area contributed by atoms with Crippen LogP contribution < -0.4 is 25.0 Å². The van der Waals surface area contributed by atoms with Crippen molar-refractivity contribution in [2.75, 3.05) is 37.0 Å².